The maximum Gasteiger partial charge on any atom is 0.410 e. The normalized spacial score (nSPS) is 12.0. The summed E-state index contributed by atoms with van der Waals surface area (Å²) in [6.07, 6.45) is -0.784. The van der Waals surface area contributed by atoms with E-state index in [9.17, 15) is 15.0 Å². The second-order valence-corrected chi connectivity index (χ2v) is 10.7. The van der Waals surface area contributed by atoms with Gasteiger partial charge in [-0.1, -0.05) is 40.2 Å². The van der Waals surface area contributed by atoms with Crippen molar-refractivity contribution in [2.24, 2.45) is 0 Å². The number of anilines is 1. The van der Waals surface area contributed by atoms with Gasteiger partial charge in [-0.3, -0.25) is 0 Å². The first kappa shape index (κ1) is 28.3. The van der Waals surface area contributed by atoms with Crippen molar-refractivity contribution in [2.45, 2.75) is 45.4 Å². The molecule has 3 aromatic carbocycles. The number of ether oxygens (including phenoxy) is 2. The van der Waals surface area contributed by atoms with Crippen LogP contribution in [0.3, 0.4) is 0 Å². The van der Waals surface area contributed by atoms with Gasteiger partial charge in [0.05, 0.1) is 6.54 Å². The van der Waals surface area contributed by atoms with Crippen LogP contribution in [0.1, 0.15) is 31.9 Å². The molecule has 0 aliphatic heterocycles. The van der Waals surface area contributed by atoms with Crippen molar-refractivity contribution in [1.29, 1.82) is 0 Å². The van der Waals surface area contributed by atoms with Crippen LogP contribution in [0.4, 0.5) is 10.5 Å². The first-order valence-corrected chi connectivity index (χ1v) is 13.0. The van der Waals surface area contributed by atoms with Crippen LogP contribution in [0.2, 0.25) is 0 Å². The third kappa shape index (κ3) is 10.3. The second-order valence-electron chi connectivity index (χ2n) is 9.81. The van der Waals surface area contributed by atoms with E-state index in [1.165, 1.54) is 22.6 Å². The number of rotatable bonds is 11. The smallest absolute Gasteiger partial charge is 0.410 e. The van der Waals surface area contributed by atoms with Gasteiger partial charge in [0.2, 0.25) is 0 Å². The van der Waals surface area contributed by atoms with Gasteiger partial charge in [0.1, 0.15) is 29.8 Å². The molecule has 0 spiro atoms. The molecule has 0 heterocycles. The Morgan fingerprint density at radius 2 is 1.59 bits per heavy atom. The van der Waals surface area contributed by atoms with Crippen LogP contribution in [-0.2, 0) is 17.7 Å². The van der Waals surface area contributed by atoms with E-state index >= 15 is 0 Å². The predicted octanol–water partition coefficient (Wildman–Crippen LogP) is 5.99. The molecular formula is C29H35BrN2O5. The summed E-state index contributed by atoms with van der Waals surface area (Å²) in [4.78, 5) is 14.3. The SMILES string of the molecule is CC(C)(C)OC(=O)N(CCc1ccc(NCc2ccc(Br)cc2)cc1)C[C@H](O)COc1ccc(O)cc1. The summed E-state index contributed by atoms with van der Waals surface area (Å²) < 4.78 is 12.2. The van der Waals surface area contributed by atoms with Crippen molar-refractivity contribution in [1.82, 2.24) is 4.90 Å². The Bertz CT molecular complexity index is 1110. The third-order valence-corrected chi connectivity index (χ3v) is 5.92. The van der Waals surface area contributed by atoms with Crippen molar-refractivity contribution in [3.63, 3.8) is 0 Å². The van der Waals surface area contributed by atoms with Gasteiger partial charge < -0.3 is 29.9 Å². The number of nitrogens with one attached hydrogen (secondary N) is 1. The fraction of sp³-hybridized carbons (Fsp3) is 0.345. The monoisotopic (exact) mass is 570 g/mol. The van der Waals surface area contributed by atoms with E-state index in [0.29, 0.717) is 18.7 Å². The van der Waals surface area contributed by atoms with Gasteiger partial charge in [0.25, 0.3) is 0 Å². The highest BCUT2D eigenvalue weighted by Gasteiger charge is 2.24. The largest absolute Gasteiger partial charge is 0.508 e. The van der Waals surface area contributed by atoms with Gasteiger partial charge in [-0.2, -0.15) is 0 Å². The van der Waals surface area contributed by atoms with Gasteiger partial charge in [0, 0.05) is 23.2 Å². The molecule has 0 radical (unpaired) electrons. The van der Waals surface area contributed by atoms with Crippen molar-refractivity contribution in [2.75, 3.05) is 25.0 Å². The Morgan fingerprint density at radius 3 is 2.22 bits per heavy atom. The lowest BCUT2D eigenvalue weighted by atomic mass is 10.1. The van der Waals surface area contributed by atoms with E-state index in [0.717, 1.165) is 22.3 Å². The van der Waals surface area contributed by atoms with E-state index in [4.69, 9.17) is 9.47 Å². The molecule has 3 rings (SSSR count). The van der Waals surface area contributed by atoms with Gasteiger partial charge in [0.15, 0.2) is 0 Å². The number of aliphatic hydroxyl groups is 1. The van der Waals surface area contributed by atoms with E-state index in [1.807, 2.05) is 57.2 Å². The van der Waals surface area contributed by atoms with Crippen molar-refractivity contribution >= 4 is 27.7 Å². The highest BCUT2D eigenvalue weighted by atomic mass is 79.9. The van der Waals surface area contributed by atoms with Gasteiger partial charge in [-0.05, 0) is 86.8 Å². The summed E-state index contributed by atoms with van der Waals surface area (Å²) >= 11 is 3.45. The Hall–Kier alpha value is -3.23. The summed E-state index contributed by atoms with van der Waals surface area (Å²) in [5.74, 6) is 0.659. The van der Waals surface area contributed by atoms with Gasteiger partial charge in [-0.25, -0.2) is 4.79 Å². The molecule has 0 saturated heterocycles. The van der Waals surface area contributed by atoms with E-state index in [2.05, 4.69) is 33.4 Å². The van der Waals surface area contributed by atoms with Gasteiger partial charge >= 0.3 is 6.09 Å². The molecule has 3 N–H and O–H groups in total. The summed E-state index contributed by atoms with van der Waals surface area (Å²) in [5, 5.41) is 23.4. The lowest BCUT2D eigenvalue weighted by Gasteiger charge is -2.29. The molecule has 0 unspecified atom stereocenters. The number of halogens is 1. The molecule has 7 nitrogen and oxygen atoms in total. The standard InChI is InChI=1S/C29H35BrN2O5/c1-29(2,3)37-28(35)32(19-26(34)20-36-27-14-12-25(33)13-15-27)17-16-21-6-10-24(11-7-21)31-18-22-4-8-23(30)9-5-22/h4-15,26,31,33-34H,16-20H2,1-3H3/t26-/m0/s1. The first-order valence-electron chi connectivity index (χ1n) is 12.2. The Balaban J connectivity index is 1.54. The van der Waals surface area contributed by atoms with Gasteiger partial charge in [-0.15, -0.1) is 0 Å². The minimum Gasteiger partial charge on any atom is -0.508 e. The molecule has 1 atom stereocenters. The number of amides is 1. The minimum atomic E-state index is -0.911. The van der Waals surface area contributed by atoms with Crippen LogP contribution >= 0.6 is 15.9 Å². The van der Waals surface area contributed by atoms with Crippen LogP contribution in [0.15, 0.2) is 77.3 Å². The van der Waals surface area contributed by atoms with Crippen LogP contribution in [0.5, 0.6) is 11.5 Å². The predicted molar refractivity (Wildman–Crippen MR) is 149 cm³/mol. The van der Waals surface area contributed by atoms with Crippen LogP contribution < -0.4 is 10.1 Å². The molecule has 8 heteroatoms. The van der Waals surface area contributed by atoms with Crippen LogP contribution in [-0.4, -0.2) is 52.6 Å². The average molecular weight is 572 g/mol. The number of carbonyl (C=O) groups excluding carboxylic acids is 1. The quantitative estimate of drug-likeness (QED) is 0.262. The summed E-state index contributed by atoms with van der Waals surface area (Å²) in [6.45, 7) is 6.62. The zero-order valence-electron chi connectivity index (χ0n) is 21.5. The number of phenolic OH excluding ortho intramolecular Hbond substituents is 1. The van der Waals surface area contributed by atoms with E-state index in [-0.39, 0.29) is 18.9 Å². The zero-order valence-corrected chi connectivity index (χ0v) is 23.1. The molecule has 37 heavy (non-hydrogen) atoms. The summed E-state index contributed by atoms with van der Waals surface area (Å²) in [7, 11) is 0. The average Bonchev–Trinajstić information content (AvgIpc) is 2.85. The van der Waals surface area contributed by atoms with Crippen LogP contribution in [0, 0.1) is 0 Å². The maximum absolute atomic E-state index is 12.8. The Labute approximate surface area is 227 Å². The lowest BCUT2D eigenvalue weighted by molar-refractivity contribution is 0.00944. The highest BCUT2D eigenvalue weighted by Crippen LogP contribution is 2.18. The Kier molecular flexibility index (Phi) is 10.2. The molecule has 0 saturated carbocycles. The van der Waals surface area contributed by atoms with Crippen molar-refractivity contribution in [3.05, 3.63) is 88.4 Å². The number of aromatic hydroxyl groups is 1. The number of hydrogen-bond donors (Lipinski definition) is 3. The summed E-state index contributed by atoms with van der Waals surface area (Å²) in [6, 6.07) is 22.5. The number of aliphatic hydroxyl groups excluding tert-OH is 1. The molecule has 0 aromatic heterocycles. The number of carbonyl (C=O) groups is 1. The summed E-state index contributed by atoms with van der Waals surface area (Å²) in [5.41, 5.74) is 2.62. The molecule has 0 aliphatic carbocycles. The molecule has 0 fully saturated rings. The fourth-order valence-electron chi connectivity index (χ4n) is 3.49. The number of nitrogens with zero attached hydrogens (tertiary/aromatic N) is 1. The highest BCUT2D eigenvalue weighted by molar-refractivity contribution is 9.10. The topological polar surface area (TPSA) is 91.3 Å². The third-order valence-electron chi connectivity index (χ3n) is 5.40. The molecule has 0 aliphatic rings. The molecule has 0 bridgehead atoms. The second kappa shape index (κ2) is 13.4. The molecule has 3 aromatic rings. The number of phenols is 1. The van der Waals surface area contributed by atoms with Crippen LogP contribution in [0.25, 0.3) is 0 Å². The number of benzene rings is 3. The van der Waals surface area contributed by atoms with Crippen molar-refractivity contribution in [3.8, 4) is 11.5 Å². The lowest BCUT2D eigenvalue weighted by Crippen LogP contribution is -2.43. The number of hydrogen-bond acceptors (Lipinski definition) is 6. The minimum absolute atomic E-state index is 0.00278. The maximum atomic E-state index is 12.8. The molecule has 198 valence electrons. The van der Waals surface area contributed by atoms with E-state index in [1.54, 1.807) is 12.1 Å². The molecule has 1 amide bonds. The first-order chi connectivity index (χ1) is 17.6. The zero-order chi connectivity index (χ0) is 26.8. The van der Waals surface area contributed by atoms with Crippen molar-refractivity contribution < 1.29 is 24.5 Å². The van der Waals surface area contributed by atoms with E-state index < -0.39 is 17.8 Å². The fourth-order valence-corrected chi connectivity index (χ4v) is 3.75. The Morgan fingerprint density at radius 1 is 0.973 bits per heavy atom. The molecular weight excluding hydrogens is 536 g/mol.